The normalized spacial score (nSPS) is 17.8. The summed E-state index contributed by atoms with van der Waals surface area (Å²) in [5.74, 6) is -0.205. The lowest BCUT2D eigenvalue weighted by molar-refractivity contribution is -0.120. The van der Waals surface area contributed by atoms with E-state index in [1.165, 1.54) is 12.0 Å². The maximum atomic E-state index is 13.6. The van der Waals surface area contributed by atoms with E-state index in [1.807, 2.05) is 35.2 Å². The number of nitrogens with zero attached hydrogens (tertiary/aromatic N) is 3. The van der Waals surface area contributed by atoms with E-state index in [2.05, 4.69) is 4.90 Å². The number of methoxy groups -OCH3 is 1. The lowest BCUT2D eigenvalue weighted by Crippen LogP contribution is -2.48. The number of amides is 2. The van der Waals surface area contributed by atoms with Gasteiger partial charge in [0.25, 0.3) is 11.8 Å². The van der Waals surface area contributed by atoms with Crippen LogP contribution in [0.2, 0.25) is 0 Å². The number of rotatable bonds is 6. The summed E-state index contributed by atoms with van der Waals surface area (Å²) in [4.78, 5) is 32.5. The van der Waals surface area contributed by atoms with E-state index >= 15 is 0 Å². The number of para-hydroxylation sites is 2. The van der Waals surface area contributed by atoms with Crippen molar-refractivity contribution < 1.29 is 19.4 Å². The zero-order valence-corrected chi connectivity index (χ0v) is 17.0. The standard InChI is InChI=1S/C23H25N3O4/c1-30-19-10-6-5-9-18(19)26-22(28)20(17-7-3-2-4-8-17)21(23(26)29)25-13-11-24(12-14-25)15-16-27/h2-10,27H,11-16H2,1H3. The molecule has 30 heavy (non-hydrogen) atoms. The molecule has 2 aliphatic heterocycles. The monoisotopic (exact) mass is 407 g/mol. The van der Waals surface area contributed by atoms with Crippen LogP contribution in [0.15, 0.2) is 60.3 Å². The molecule has 0 radical (unpaired) electrons. The van der Waals surface area contributed by atoms with Gasteiger partial charge >= 0.3 is 0 Å². The van der Waals surface area contributed by atoms with Crippen molar-refractivity contribution in [1.29, 1.82) is 0 Å². The highest BCUT2D eigenvalue weighted by molar-refractivity contribution is 6.45. The number of aliphatic hydroxyl groups is 1. The van der Waals surface area contributed by atoms with Crippen molar-refractivity contribution in [3.63, 3.8) is 0 Å². The van der Waals surface area contributed by atoms with E-state index in [4.69, 9.17) is 4.74 Å². The van der Waals surface area contributed by atoms with E-state index in [9.17, 15) is 14.7 Å². The third-order valence-corrected chi connectivity index (χ3v) is 5.55. The number of carbonyl (C=O) groups excluding carboxylic acids is 2. The van der Waals surface area contributed by atoms with E-state index in [0.29, 0.717) is 42.3 Å². The molecule has 0 aliphatic carbocycles. The van der Waals surface area contributed by atoms with Gasteiger partial charge in [-0.2, -0.15) is 0 Å². The van der Waals surface area contributed by atoms with Crippen LogP contribution in [0, 0.1) is 0 Å². The topological polar surface area (TPSA) is 73.3 Å². The summed E-state index contributed by atoms with van der Waals surface area (Å²) in [6, 6.07) is 16.4. The number of imide groups is 1. The third-order valence-electron chi connectivity index (χ3n) is 5.55. The first-order valence-electron chi connectivity index (χ1n) is 10.1. The molecule has 7 heteroatoms. The predicted molar refractivity (Wildman–Crippen MR) is 114 cm³/mol. The number of hydrogen-bond acceptors (Lipinski definition) is 6. The Hall–Kier alpha value is -3.16. The van der Waals surface area contributed by atoms with E-state index in [-0.39, 0.29) is 18.4 Å². The molecule has 2 aromatic carbocycles. The first-order chi connectivity index (χ1) is 14.7. The van der Waals surface area contributed by atoms with E-state index in [0.717, 1.165) is 18.7 Å². The van der Waals surface area contributed by atoms with Gasteiger partial charge in [-0.05, 0) is 17.7 Å². The summed E-state index contributed by atoms with van der Waals surface area (Å²) in [6.45, 7) is 3.40. The Morgan fingerprint density at radius 2 is 1.57 bits per heavy atom. The molecule has 4 rings (SSSR count). The van der Waals surface area contributed by atoms with Gasteiger partial charge in [-0.3, -0.25) is 14.5 Å². The molecule has 2 aliphatic rings. The maximum absolute atomic E-state index is 13.6. The predicted octanol–water partition coefficient (Wildman–Crippen LogP) is 1.59. The SMILES string of the molecule is COc1ccccc1N1C(=O)C(c2ccccc2)=C(N2CCN(CCO)CC2)C1=O. The van der Waals surface area contributed by atoms with Gasteiger partial charge in [0.05, 0.1) is 25.0 Å². The van der Waals surface area contributed by atoms with Crippen LogP contribution < -0.4 is 9.64 Å². The Morgan fingerprint density at radius 3 is 2.23 bits per heavy atom. The molecular formula is C23H25N3O4. The minimum absolute atomic E-state index is 0.108. The fourth-order valence-electron chi connectivity index (χ4n) is 4.05. The first kappa shape index (κ1) is 20.1. The second-order valence-electron chi connectivity index (χ2n) is 7.26. The van der Waals surface area contributed by atoms with Crippen molar-refractivity contribution >= 4 is 23.1 Å². The van der Waals surface area contributed by atoms with Crippen molar-refractivity contribution in [1.82, 2.24) is 9.80 Å². The Balaban J connectivity index is 1.75. The van der Waals surface area contributed by atoms with Crippen LogP contribution in [0.3, 0.4) is 0 Å². The minimum Gasteiger partial charge on any atom is -0.495 e. The van der Waals surface area contributed by atoms with Crippen LogP contribution >= 0.6 is 0 Å². The van der Waals surface area contributed by atoms with E-state index in [1.54, 1.807) is 24.3 Å². The second kappa shape index (κ2) is 8.69. The average Bonchev–Trinajstić information content (AvgIpc) is 3.05. The van der Waals surface area contributed by atoms with Crippen molar-refractivity contribution in [2.75, 3.05) is 51.3 Å². The van der Waals surface area contributed by atoms with Gasteiger partial charge in [0.1, 0.15) is 11.4 Å². The highest BCUT2D eigenvalue weighted by Gasteiger charge is 2.43. The van der Waals surface area contributed by atoms with Crippen molar-refractivity contribution in [2.24, 2.45) is 0 Å². The zero-order valence-electron chi connectivity index (χ0n) is 17.0. The maximum Gasteiger partial charge on any atom is 0.282 e. The summed E-state index contributed by atoms with van der Waals surface area (Å²) in [7, 11) is 1.52. The van der Waals surface area contributed by atoms with Gasteiger partial charge in [-0.15, -0.1) is 0 Å². The summed E-state index contributed by atoms with van der Waals surface area (Å²) in [5.41, 5.74) is 2.02. The largest absolute Gasteiger partial charge is 0.495 e. The first-order valence-corrected chi connectivity index (χ1v) is 10.1. The zero-order chi connectivity index (χ0) is 21.1. The lowest BCUT2D eigenvalue weighted by Gasteiger charge is -2.36. The second-order valence-corrected chi connectivity index (χ2v) is 7.26. The number of aliphatic hydroxyl groups excluding tert-OH is 1. The Bertz CT molecular complexity index is 965. The van der Waals surface area contributed by atoms with Crippen LogP contribution in [0.5, 0.6) is 5.75 Å². The molecule has 156 valence electrons. The van der Waals surface area contributed by atoms with Crippen LogP contribution in [0.25, 0.3) is 5.57 Å². The van der Waals surface area contributed by atoms with Gasteiger partial charge in [0, 0.05) is 32.7 Å². The molecule has 1 fully saturated rings. The smallest absolute Gasteiger partial charge is 0.282 e. The third kappa shape index (κ3) is 3.58. The fraction of sp³-hybridized carbons (Fsp3) is 0.304. The average molecular weight is 407 g/mol. The fourth-order valence-corrected chi connectivity index (χ4v) is 4.05. The molecule has 0 saturated carbocycles. The van der Waals surface area contributed by atoms with Crippen LogP contribution in [-0.2, 0) is 9.59 Å². The molecule has 2 aromatic rings. The highest BCUT2D eigenvalue weighted by atomic mass is 16.5. The molecule has 7 nitrogen and oxygen atoms in total. The molecule has 1 saturated heterocycles. The number of hydrogen-bond donors (Lipinski definition) is 1. The minimum atomic E-state index is -0.344. The summed E-state index contributed by atoms with van der Waals surface area (Å²) < 4.78 is 5.41. The summed E-state index contributed by atoms with van der Waals surface area (Å²) in [6.07, 6.45) is 0. The highest BCUT2D eigenvalue weighted by Crippen LogP contribution is 2.38. The van der Waals surface area contributed by atoms with Crippen LogP contribution in [0.4, 0.5) is 5.69 Å². The van der Waals surface area contributed by atoms with Gasteiger partial charge in [-0.1, -0.05) is 42.5 Å². The molecule has 0 aromatic heterocycles. The van der Waals surface area contributed by atoms with Gasteiger partial charge in [0.2, 0.25) is 0 Å². The number of carbonyl (C=O) groups is 2. The van der Waals surface area contributed by atoms with Gasteiger partial charge in [0.15, 0.2) is 0 Å². The molecular weight excluding hydrogens is 382 g/mol. The molecule has 2 amide bonds. The van der Waals surface area contributed by atoms with Gasteiger partial charge in [-0.25, -0.2) is 4.90 Å². The van der Waals surface area contributed by atoms with Gasteiger partial charge < -0.3 is 14.7 Å². The summed E-state index contributed by atoms with van der Waals surface area (Å²) in [5, 5.41) is 9.19. The number of β-amino-alcohol motifs (C(OH)–C–C–N with tert-alkyl or cyclic N) is 1. The van der Waals surface area contributed by atoms with Crippen molar-refractivity contribution in [3.05, 3.63) is 65.9 Å². The van der Waals surface area contributed by atoms with Crippen LogP contribution in [-0.4, -0.2) is 73.2 Å². The number of anilines is 1. The summed E-state index contributed by atoms with van der Waals surface area (Å²) >= 11 is 0. The molecule has 1 N–H and O–H groups in total. The molecule has 0 unspecified atom stereocenters. The van der Waals surface area contributed by atoms with Crippen LogP contribution in [0.1, 0.15) is 5.56 Å². The van der Waals surface area contributed by atoms with E-state index < -0.39 is 0 Å². The molecule has 0 spiro atoms. The van der Waals surface area contributed by atoms with Crippen molar-refractivity contribution in [3.8, 4) is 5.75 Å². The Kier molecular flexibility index (Phi) is 5.83. The molecule has 0 bridgehead atoms. The Labute approximate surface area is 175 Å². The Morgan fingerprint density at radius 1 is 0.900 bits per heavy atom. The quantitative estimate of drug-likeness (QED) is 0.734. The van der Waals surface area contributed by atoms with Crippen molar-refractivity contribution in [2.45, 2.75) is 0 Å². The molecule has 2 heterocycles. The number of benzene rings is 2. The number of piperazine rings is 1. The molecule has 0 atom stereocenters. The lowest BCUT2D eigenvalue weighted by atomic mass is 10.0. The number of ether oxygens (including phenoxy) is 1.